The van der Waals surface area contributed by atoms with Gasteiger partial charge in [0.2, 0.25) is 0 Å². The van der Waals surface area contributed by atoms with Crippen LogP contribution in [-0.2, 0) is 5.41 Å². The first-order valence-corrected chi connectivity index (χ1v) is 3.80. The van der Waals surface area contributed by atoms with Gasteiger partial charge in [-0.15, -0.1) is 12.4 Å². The first kappa shape index (κ1) is 11.4. The Kier molecular flexibility index (Phi) is 3.65. The van der Waals surface area contributed by atoms with E-state index in [-0.39, 0.29) is 17.8 Å². The van der Waals surface area contributed by atoms with Crippen LogP contribution in [0.4, 0.5) is 0 Å². The minimum Gasteiger partial charge on any atom is -0.241 e. The van der Waals surface area contributed by atoms with Crippen molar-refractivity contribution in [3.8, 4) is 0 Å². The van der Waals surface area contributed by atoms with Crippen LogP contribution in [0.5, 0.6) is 0 Å². The quantitative estimate of drug-likeness (QED) is 0.622. The molecule has 0 aliphatic carbocycles. The summed E-state index contributed by atoms with van der Waals surface area (Å²) in [5, 5.41) is 0. The zero-order valence-electron chi connectivity index (χ0n) is 7.96. The minimum atomic E-state index is 0. The Bertz CT molecular complexity index is 253. The molecule has 0 saturated carbocycles. The lowest BCUT2D eigenvalue weighted by molar-refractivity contribution is 0.543. The highest BCUT2D eigenvalue weighted by Gasteiger charge is 2.16. The van der Waals surface area contributed by atoms with Crippen molar-refractivity contribution in [3.05, 3.63) is 23.8 Å². The highest BCUT2D eigenvalue weighted by atomic mass is 35.5. The van der Waals surface area contributed by atoms with E-state index in [1.165, 1.54) is 0 Å². The van der Waals surface area contributed by atoms with Gasteiger partial charge in [-0.2, -0.15) is 0 Å². The van der Waals surface area contributed by atoms with Gasteiger partial charge < -0.3 is 0 Å². The van der Waals surface area contributed by atoms with Crippen molar-refractivity contribution in [2.24, 2.45) is 0 Å². The van der Waals surface area contributed by atoms with Crippen molar-refractivity contribution in [2.45, 2.75) is 33.1 Å². The molecule has 1 aromatic heterocycles. The Labute approximate surface area is 79.8 Å². The van der Waals surface area contributed by atoms with E-state index in [0.717, 1.165) is 11.5 Å². The third-order valence-corrected chi connectivity index (χ3v) is 1.47. The summed E-state index contributed by atoms with van der Waals surface area (Å²) in [7, 11) is 0. The predicted octanol–water partition coefficient (Wildman–Crippen LogP) is 2.50. The number of nitrogens with zero attached hydrogens (tertiary/aromatic N) is 2. The molecule has 12 heavy (non-hydrogen) atoms. The first-order valence-electron chi connectivity index (χ1n) is 3.80. The average molecular weight is 187 g/mol. The third-order valence-electron chi connectivity index (χ3n) is 1.47. The summed E-state index contributed by atoms with van der Waals surface area (Å²) in [4.78, 5) is 8.53. The van der Waals surface area contributed by atoms with Crippen molar-refractivity contribution in [1.82, 2.24) is 9.97 Å². The second kappa shape index (κ2) is 3.85. The van der Waals surface area contributed by atoms with Crippen LogP contribution in [0.2, 0.25) is 0 Å². The number of hydrogen-bond donors (Lipinski definition) is 0. The molecule has 0 unspecified atom stereocenters. The van der Waals surface area contributed by atoms with Gasteiger partial charge in [-0.05, 0) is 13.0 Å². The van der Waals surface area contributed by atoms with Gasteiger partial charge in [0.1, 0.15) is 5.82 Å². The summed E-state index contributed by atoms with van der Waals surface area (Å²) >= 11 is 0. The fourth-order valence-corrected chi connectivity index (χ4v) is 0.810. The maximum absolute atomic E-state index is 4.33. The van der Waals surface area contributed by atoms with E-state index in [2.05, 4.69) is 30.7 Å². The van der Waals surface area contributed by atoms with Gasteiger partial charge in [-0.25, -0.2) is 9.97 Å². The molecule has 1 heterocycles. The maximum atomic E-state index is 4.33. The molecule has 0 fully saturated rings. The van der Waals surface area contributed by atoms with Crippen LogP contribution in [0.25, 0.3) is 0 Å². The van der Waals surface area contributed by atoms with Crippen molar-refractivity contribution >= 4 is 12.4 Å². The van der Waals surface area contributed by atoms with Gasteiger partial charge in [0.15, 0.2) is 0 Å². The van der Waals surface area contributed by atoms with E-state index >= 15 is 0 Å². The summed E-state index contributed by atoms with van der Waals surface area (Å²) in [5.41, 5.74) is 1.09. The first-order chi connectivity index (χ1) is 5.00. The molecule has 0 aliphatic rings. The number of aryl methyl sites for hydroxylation is 1. The lowest BCUT2D eigenvalue weighted by atomic mass is 9.96. The molecule has 68 valence electrons. The zero-order chi connectivity index (χ0) is 8.48. The standard InChI is InChI=1S/C9H14N2.ClH/c1-7-5-6-10-8(11-7)9(2,3)4;/h5-6H,1-4H3;1H. The Morgan fingerprint density at radius 1 is 1.25 bits per heavy atom. The molecule has 0 saturated heterocycles. The monoisotopic (exact) mass is 186 g/mol. The number of aromatic nitrogens is 2. The molecule has 1 rings (SSSR count). The van der Waals surface area contributed by atoms with Crippen LogP contribution >= 0.6 is 12.4 Å². The van der Waals surface area contributed by atoms with Gasteiger partial charge in [-0.3, -0.25) is 0 Å². The molecule has 0 atom stereocenters. The topological polar surface area (TPSA) is 25.8 Å². The highest BCUT2D eigenvalue weighted by molar-refractivity contribution is 5.85. The normalized spacial score (nSPS) is 10.7. The molecule has 0 aliphatic heterocycles. The van der Waals surface area contributed by atoms with Gasteiger partial charge >= 0.3 is 0 Å². The van der Waals surface area contributed by atoms with Gasteiger partial charge in [0, 0.05) is 17.3 Å². The Balaban J connectivity index is 0.00000121. The molecule has 0 bridgehead atoms. The summed E-state index contributed by atoms with van der Waals surface area (Å²) in [5.74, 6) is 0.914. The van der Waals surface area contributed by atoms with Gasteiger partial charge in [0.05, 0.1) is 0 Å². The van der Waals surface area contributed by atoms with Crippen LogP contribution in [-0.4, -0.2) is 9.97 Å². The van der Waals surface area contributed by atoms with Crippen molar-refractivity contribution in [3.63, 3.8) is 0 Å². The van der Waals surface area contributed by atoms with Crippen LogP contribution in [0.1, 0.15) is 32.3 Å². The lowest BCUT2D eigenvalue weighted by Gasteiger charge is -2.15. The van der Waals surface area contributed by atoms with E-state index in [0.29, 0.717) is 0 Å². The van der Waals surface area contributed by atoms with E-state index in [1.54, 1.807) is 0 Å². The molecular formula is C9H15ClN2. The molecule has 2 nitrogen and oxygen atoms in total. The largest absolute Gasteiger partial charge is 0.241 e. The molecule has 0 aromatic carbocycles. The Morgan fingerprint density at radius 2 is 1.83 bits per heavy atom. The summed E-state index contributed by atoms with van der Waals surface area (Å²) in [6, 6.07) is 1.91. The molecular weight excluding hydrogens is 172 g/mol. The fourth-order valence-electron chi connectivity index (χ4n) is 0.810. The molecule has 0 amide bonds. The van der Waals surface area contributed by atoms with Crippen molar-refractivity contribution in [2.75, 3.05) is 0 Å². The Morgan fingerprint density at radius 3 is 2.17 bits per heavy atom. The second-order valence-corrected chi connectivity index (χ2v) is 3.77. The summed E-state index contributed by atoms with van der Waals surface area (Å²) in [6.45, 7) is 8.32. The van der Waals surface area contributed by atoms with Gasteiger partial charge in [0.25, 0.3) is 0 Å². The van der Waals surface area contributed by atoms with E-state index in [4.69, 9.17) is 0 Å². The van der Waals surface area contributed by atoms with Crippen molar-refractivity contribution in [1.29, 1.82) is 0 Å². The van der Waals surface area contributed by atoms with Crippen LogP contribution in [0.3, 0.4) is 0 Å². The molecule has 0 radical (unpaired) electrons. The highest BCUT2D eigenvalue weighted by Crippen LogP contribution is 2.16. The predicted molar refractivity (Wildman–Crippen MR) is 52.7 cm³/mol. The second-order valence-electron chi connectivity index (χ2n) is 3.77. The van der Waals surface area contributed by atoms with E-state index in [9.17, 15) is 0 Å². The molecule has 1 aromatic rings. The summed E-state index contributed by atoms with van der Waals surface area (Å²) < 4.78 is 0. The van der Waals surface area contributed by atoms with Crippen LogP contribution in [0, 0.1) is 6.92 Å². The van der Waals surface area contributed by atoms with Crippen LogP contribution in [0.15, 0.2) is 12.3 Å². The Hall–Kier alpha value is -0.630. The molecule has 0 spiro atoms. The number of hydrogen-bond acceptors (Lipinski definition) is 2. The molecule has 3 heteroatoms. The van der Waals surface area contributed by atoms with Gasteiger partial charge in [-0.1, -0.05) is 20.8 Å². The SMILES string of the molecule is Cc1ccnc(C(C)(C)C)n1.Cl. The molecule has 0 N–H and O–H groups in total. The fraction of sp³-hybridized carbons (Fsp3) is 0.556. The van der Waals surface area contributed by atoms with Crippen LogP contribution < -0.4 is 0 Å². The minimum absolute atomic E-state index is 0. The number of halogens is 1. The number of rotatable bonds is 0. The van der Waals surface area contributed by atoms with E-state index in [1.807, 2.05) is 19.2 Å². The average Bonchev–Trinajstić information content (AvgIpc) is 1.86. The maximum Gasteiger partial charge on any atom is 0.133 e. The van der Waals surface area contributed by atoms with Crippen molar-refractivity contribution < 1.29 is 0 Å². The summed E-state index contributed by atoms with van der Waals surface area (Å²) in [6.07, 6.45) is 1.81. The van der Waals surface area contributed by atoms with E-state index < -0.39 is 0 Å². The lowest BCUT2D eigenvalue weighted by Crippen LogP contribution is -2.15. The zero-order valence-corrected chi connectivity index (χ0v) is 8.77. The third kappa shape index (κ3) is 2.78. The smallest absolute Gasteiger partial charge is 0.133 e.